The predicted molar refractivity (Wildman–Crippen MR) is 268 cm³/mol. The minimum atomic E-state index is -0.812. The number of aliphatic hydroxyl groups excluding tert-OH is 2. The highest BCUT2D eigenvalue weighted by molar-refractivity contribution is 5.77. The van der Waals surface area contributed by atoms with Crippen LogP contribution in [-0.2, 0) is 14.3 Å². The summed E-state index contributed by atoms with van der Waals surface area (Å²) in [5, 5.41) is 23.7. The number of ether oxygens (including phenoxy) is 1. The van der Waals surface area contributed by atoms with E-state index in [1.165, 1.54) is 154 Å². The Bertz CT molecular complexity index is 1110. The standard InChI is InChI=1S/C56H101NO5/c1-4-7-10-13-16-19-22-25-27-30-32-35-38-41-44-47-52(62-56(61)49-46-43-40-37-34-31-28-26-23-20-17-14-11-8-5-2)50-55(60)57-53(51-58)54(59)48-45-42-39-36-33-29-24-21-18-15-12-9-6-3/h16,19-20,23,25,27,32,35,41,44,52-54,58-59H,4-15,17-18,21-22,24,26,28-31,33-34,36-40,42-43,45-51H2,1-3H3,(H,57,60)/b19-16-,23-20-,27-25-,35-32-,44-41-. The van der Waals surface area contributed by atoms with Gasteiger partial charge in [-0.05, 0) is 70.6 Å². The average molecular weight is 868 g/mol. The molecule has 1 amide bonds. The van der Waals surface area contributed by atoms with Gasteiger partial charge < -0.3 is 20.3 Å². The van der Waals surface area contributed by atoms with Gasteiger partial charge in [-0.15, -0.1) is 0 Å². The Morgan fingerprint density at radius 1 is 0.484 bits per heavy atom. The number of esters is 1. The molecular formula is C56H101NO5. The zero-order valence-electron chi connectivity index (χ0n) is 41.0. The van der Waals surface area contributed by atoms with Gasteiger partial charge in [0.05, 0.1) is 25.2 Å². The van der Waals surface area contributed by atoms with Crippen molar-refractivity contribution in [2.24, 2.45) is 0 Å². The zero-order valence-corrected chi connectivity index (χ0v) is 41.0. The van der Waals surface area contributed by atoms with Crippen LogP contribution < -0.4 is 5.32 Å². The molecule has 3 atom stereocenters. The van der Waals surface area contributed by atoms with Crippen molar-refractivity contribution in [3.8, 4) is 0 Å². The van der Waals surface area contributed by atoms with Crippen molar-refractivity contribution < 1.29 is 24.5 Å². The molecule has 62 heavy (non-hydrogen) atoms. The quantitative estimate of drug-likeness (QED) is 0.0322. The first kappa shape index (κ1) is 59.6. The van der Waals surface area contributed by atoms with Crippen LogP contribution in [0.2, 0.25) is 0 Å². The molecule has 0 heterocycles. The van der Waals surface area contributed by atoms with E-state index in [1.807, 2.05) is 6.08 Å². The maximum Gasteiger partial charge on any atom is 0.306 e. The summed E-state index contributed by atoms with van der Waals surface area (Å²) in [6.07, 6.45) is 61.5. The largest absolute Gasteiger partial charge is 0.461 e. The van der Waals surface area contributed by atoms with Crippen molar-refractivity contribution in [2.75, 3.05) is 6.61 Å². The van der Waals surface area contributed by atoms with Crippen LogP contribution >= 0.6 is 0 Å². The Hall–Kier alpha value is -2.44. The Labute approximate surface area is 384 Å². The molecule has 0 aromatic heterocycles. The van der Waals surface area contributed by atoms with Gasteiger partial charge in [0.15, 0.2) is 0 Å². The van der Waals surface area contributed by atoms with Crippen molar-refractivity contribution in [3.63, 3.8) is 0 Å². The lowest BCUT2D eigenvalue weighted by Gasteiger charge is -2.24. The second kappa shape index (κ2) is 49.6. The van der Waals surface area contributed by atoms with E-state index in [0.29, 0.717) is 19.3 Å². The molecule has 0 radical (unpaired) electrons. The van der Waals surface area contributed by atoms with Crippen molar-refractivity contribution in [3.05, 3.63) is 60.8 Å². The summed E-state index contributed by atoms with van der Waals surface area (Å²) >= 11 is 0. The van der Waals surface area contributed by atoms with Crippen molar-refractivity contribution >= 4 is 11.9 Å². The van der Waals surface area contributed by atoms with E-state index in [-0.39, 0.29) is 24.9 Å². The van der Waals surface area contributed by atoms with Crippen LogP contribution in [0.1, 0.15) is 258 Å². The van der Waals surface area contributed by atoms with E-state index in [0.717, 1.165) is 57.8 Å². The molecule has 0 aliphatic rings. The predicted octanol–water partition coefficient (Wildman–Crippen LogP) is 16.0. The molecule has 6 heteroatoms. The summed E-state index contributed by atoms with van der Waals surface area (Å²) in [6, 6.07) is -0.732. The molecule has 0 saturated heterocycles. The molecule has 3 unspecified atom stereocenters. The van der Waals surface area contributed by atoms with Crippen molar-refractivity contribution in [2.45, 2.75) is 277 Å². The number of rotatable bonds is 47. The van der Waals surface area contributed by atoms with E-state index in [4.69, 9.17) is 4.74 Å². The fourth-order valence-electron chi connectivity index (χ4n) is 7.76. The SMILES string of the molecule is CCCCC/C=C\C/C=C\C/C=C\C/C=C\CC(CC(=O)NC(CO)C(O)CCCCCCCCCCCCCCC)OC(=O)CCCCCCCCC/C=C\CCCCCC. The Kier molecular flexibility index (Phi) is 47.6. The summed E-state index contributed by atoms with van der Waals surface area (Å²) in [7, 11) is 0. The summed E-state index contributed by atoms with van der Waals surface area (Å²) in [5.74, 6) is -0.578. The number of carbonyl (C=O) groups excluding carboxylic acids is 2. The third-order valence-corrected chi connectivity index (χ3v) is 11.8. The molecule has 0 aliphatic carbocycles. The number of allylic oxidation sites excluding steroid dienone is 9. The molecule has 0 aromatic rings. The fourth-order valence-corrected chi connectivity index (χ4v) is 7.76. The second-order valence-electron chi connectivity index (χ2n) is 17.9. The smallest absolute Gasteiger partial charge is 0.306 e. The Morgan fingerprint density at radius 2 is 0.855 bits per heavy atom. The molecule has 0 spiro atoms. The van der Waals surface area contributed by atoms with Gasteiger partial charge in [0, 0.05) is 12.8 Å². The molecule has 0 bridgehead atoms. The molecule has 0 fully saturated rings. The third kappa shape index (κ3) is 44.2. The van der Waals surface area contributed by atoms with Crippen LogP contribution in [-0.4, -0.2) is 46.9 Å². The van der Waals surface area contributed by atoms with Gasteiger partial charge in [0.2, 0.25) is 5.91 Å². The fraction of sp³-hybridized carbons (Fsp3) is 0.786. The number of amides is 1. The summed E-state index contributed by atoms with van der Waals surface area (Å²) in [5.41, 5.74) is 0. The topological polar surface area (TPSA) is 95.9 Å². The minimum absolute atomic E-state index is 0.000228. The molecule has 360 valence electrons. The lowest BCUT2D eigenvalue weighted by Crippen LogP contribution is -2.46. The van der Waals surface area contributed by atoms with E-state index >= 15 is 0 Å². The summed E-state index contributed by atoms with van der Waals surface area (Å²) < 4.78 is 5.87. The maximum atomic E-state index is 13.2. The zero-order chi connectivity index (χ0) is 45.2. The first-order chi connectivity index (χ1) is 30.5. The van der Waals surface area contributed by atoms with Gasteiger partial charge in [-0.2, -0.15) is 0 Å². The Balaban J connectivity index is 4.71. The van der Waals surface area contributed by atoms with Crippen LogP contribution in [0.15, 0.2) is 60.8 Å². The minimum Gasteiger partial charge on any atom is -0.461 e. The van der Waals surface area contributed by atoms with E-state index in [2.05, 4.69) is 80.8 Å². The first-order valence-corrected chi connectivity index (χ1v) is 26.5. The van der Waals surface area contributed by atoms with Gasteiger partial charge in [0.1, 0.15) is 6.10 Å². The average Bonchev–Trinajstić information content (AvgIpc) is 3.26. The monoisotopic (exact) mass is 868 g/mol. The van der Waals surface area contributed by atoms with Crippen LogP contribution in [0.4, 0.5) is 0 Å². The highest BCUT2D eigenvalue weighted by Crippen LogP contribution is 2.16. The Morgan fingerprint density at radius 3 is 1.35 bits per heavy atom. The van der Waals surface area contributed by atoms with E-state index in [9.17, 15) is 19.8 Å². The van der Waals surface area contributed by atoms with Crippen LogP contribution in [0.3, 0.4) is 0 Å². The summed E-state index contributed by atoms with van der Waals surface area (Å²) in [4.78, 5) is 26.1. The molecule has 0 aliphatic heterocycles. The molecule has 0 aromatic carbocycles. The maximum absolute atomic E-state index is 13.2. The molecule has 6 nitrogen and oxygen atoms in total. The highest BCUT2D eigenvalue weighted by atomic mass is 16.5. The molecule has 0 rings (SSSR count). The van der Waals surface area contributed by atoms with Gasteiger partial charge >= 0.3 is 5.97 Å². The number of hydrogen-bond acceptors (Lipinski definition) is 5. The van der Waals surface area contributed by atoms with Gasteiger partial charge in [-0.1, -0.05) is 229 Å². The van der Waals surface area contributed by atoms with Gasteiger partial charge in [-0.3, -0.25) is 9.59 Å². The van der Waals surface area contributed by atoms with E-state index < -0.39 is 18.2 Å². The lowest BCUT2D eigenvalue weighted by atomic mass is 10.0. The van der Waals surface area contributed by atoms with Crippen LogP contribution in [0.25, 0.3) is 0 Å². The van der Waals surface area contributed by atoms with Crippen molar-refractivity contribution in [1.29, 1.82) is 0 Å². The number of carbonyl (C=O) groups is 2. The number of hydrogen-bond donors (Lipinski definition) is 3. The van der Waals surface area contributed by atoms with Crippen LogP contribution in [0, 0.1) is 0 Å². The van der Waals surface area contributed by atoms with E-state index in [1.54, 1.807) is 0 Å². The lowest BCUT2D eigenvalue weighted by molar-refractivity contribution is -0.150. The molecule has 0 saturated carbocycles. The molecule has 3 N–H and O–H groups in total. The normalized spacial score (nSPS) is 13.7. The van der Waals surface area contributed by atoms with Gasteiger partial charge in [0.25, 0.3) is 0 Å². The third-order valence-electron chi connectivity index (χ3n) is 11.8. The van der Waals surface area contributed by atoms with Crippen LogP contribution in [0.5, 0.6) is 0 Å². The number of aliphatic hydroxyl groups is 2. The second-order valence-corrected chi connectivity index (χ2v) is 17.9. The summed E-state index contributed by atoms with van der Waals surface area (Å²) in [6.45, 7) is 6.42. The molecular weight excluding hydrogens is 767 g/mol. The first-order valence-electron chi connectivity index (χ1n) is 26.5. The van der Waals surface area contributed by atoms with Crippen molar-refractivity contribution in [1.82, 2.24) is 5.32 Å². The number of nitrogens with one attached hydrogen (secondary N) is 1. The highest BCUT2D eigenvalue weighted by Gasteiger charge is 2.23. The van der Waals surface area contributed by atoms with Gasteiger partial charge in [-0.25, -0.2) is 0 Å². The number of unbranched alkanes of at least 4 members (excludes halogenated alkanes) is 26.